The highest BCUT2D eigenvalue weighted by Crippen LogP contribution is 2.42. The minimum absolute atomic E-state index is 0.317. The summed E-state index contributed by atoms with van der Waals surface area (Å²) >= 11 is 12.1. The highest BCUT2D eigenvalue weighted by Gasteiger charge is 2.44. The molecule has 0 amide bonds. The van der Waals surface area contributed by atoms with E-state index in [4.69, 9.17) is 27.9 Å². The first-order chi connectivity index (χ1) is 8.07. The molecule has 1 aliphatic carbocycles. The van der Waals surface area contributed by atoms with Crippen LogP contribution in [0.25, 0.3) is 0 Å². The maximum Gasteiger partial charge on any atom is 0.0948 e. The summed E-state index contributed by atoms with van der Waals surface area (Å²) in [6.07, 6.45) is 2.60. The lowest BCUT2D eigenvalue weighted by atomic mass is 9.90. The summed E-state index contributed by atoms with van der Waals surface area (Å²) in [7, 11) is 1.60. The smallest absolute Gasteiger partial charge is 0.0948 e. The monoisotopic (exact) mass is 274 g/mol. The number of aliphatic hydroxyl groups is 1. The predicted molar refractivity (Wildman–Crippen MR) is 69.7 cm³/mol. The van der Waals surface area contributed by atoms with Gasteiger partial charge in [-0.3, -0.25) is 0 Å². The van der Waals surface area contributed by atoms with Gasteiger partial charge in [-0.1, -0.05) is 35.3 Å². The molecule has 0 saturated heterocycles. The van der Waals surface area contributed by atoms with Crippen molar-refractivity contribution in [2.24, 2.45) is 5.92 Å². The molecule has 0 radical (unpaired) electrons. The molecular weight excluding hydrogens is 259 g/mol. The molecule has 94 valence electrons. The molecule has 4 heteroatoms. The fourth-order valence-corrected chi connectivity index (χ4v) is 2.59. The molecule has 1 aromatic rings. The summed E-state index contributed by atoms with van der Waals surface area (Å²) in [5.74, 6) is 0.317. The zero-order valence-electron chi connectivity index (χ0n) is 9.75. The third-order valence-electron chi connectivity index (χ3n) is 3.26. The van der Waals surface area contributed by atoms with Gasteiger partial charge in [-0.15, -0.1) is 0 Å². The number of rotatable bonds is 5. The second-order valence-corrected chi connectivity index (χ2v) is 5.49. The van der Waals surface area contributed by atoms with Gasteiger partial charge in [-0.05, 0) is 30.4 Å². The molecule has 1 unspecified atom stereocenters. The van der Waals surface area contributed by atoms with Crippen LogP contribution >= 0.6 is 23.2 Å². The Hall–Kier alpha value is -0.280. The number of benzene rings is 1. The first-order valence-electron chi connectivity index (χ1n) is 5.71. The molecule has 1 atom stereocenters. The molecule has 0 bridgehead atoms. The van der Waals surface area contributed by atoms with Gasteiger partial charge in [0.15, 0.2) is 0 Å². The summed E-state index contributed by atoms with van der Waals surface area (Å²) in [5.41, 5.74) is 0.0638. The van der Waals surface area contributed by atoms with Crippen LogP contribution in [0.15, 0.2) is 18.2 Å². The van der Waals surface area contributed by atoms with Crippen LogP contribution in [-0.2, 0) is 11.2 Å². The Morgan fingerprint density at radius 1 is 1.41 bits per heavy atom. The van der Waals surface area contributed by atoms with Crippen molar-refractivity contribution in [1.82, 2.24) is 0 Å². The van der Waals surface area contributed by atoms with Crippen LogP contribution in [0.4, 0.5) is 0 Å². The molecule has 1 aliphatic rings. The van der Waals surface area contributed by atoms with Gasteiger partial charge in [0.2, 0.25) is 0 Å². The molecule has 0 aliphatic heterocycles. The standard InChI is InChI=1S/C13H16Cl2O2/c1-17-8-13(16,10-5-6-10)7-9-3-2-4-11(14)12(9)15/h2-4,10,16H,5-8H2,1H3. The molecule has 17 heavy (non-hydrogen) atoms. The van der Waals surface area contributed by atoms with Gasteiger partial charge >= 0.3 is 0 Å². The average molecular weight is 275 g/mol. The Kier molecular flexibility index (Phi) is 3.99. The second-order valence-electron chi connectivity index (χ2n) is 4.70. The Morgan fingerprint density at radius 3 is 2.71 bits per heavy atom. The quantitative estimate of drug-likeness (QED) is 0.893. The van der Waals surface area contributed by atoms with E-state index in [1.54, 1.807) is 13.2 Å². The molecule has 0 aromatic heterocycles. The van der Waals surface area contributed by atoms with Gasteiger partial charge in [-0.25, -0.2) is 0 Å². The average Bonchev–Trinajstić information content (AvgIpc) is 3.09. The molecular formula is C13H16Cl2O2. The van der Waals surface area contributed by atoms with Gasteiger partial charge < -0.3 is 9.84 Å². The summed E-state index contributed by atoms with van der Waals surface area (Å²) < 4.78 is 5.12. The summed E-state index contributed by atoms with van der Waals surface area (Å²) in [6.45, 7) is 0.334. The van der Waals surface area contributed by atoms with Crippen molar-refractivity contribution < 1.29 is 9.84 Å². The predicted octanol–water partition coefficient (Wildman–Crippen LogP) is 3.32. The van der Waals surface area contributed by atoms with Crippen molar-refractivity contribution in [2.45, 2.75) is 24.9 Å². The number of hydrogen-bond donors (Lipinski definition) is 1. The second kappa shape index (κ2) is 5.15. The van der Waals surface area contributed by atoms with Crippen molar-refractivity contribution >= 4 is 23.2 Å². The normalized spacial score (nSPS) is 19.1. The van der Waals surface area contributed by atoms with E-state index in [9.17, 15) is 5.11 Å². The number of ether oxygens (including phenoxy) is 1. The lowest BCUT2D eigenvalue weighted by Crippen LogP contribution is -2.39. The van der Waals surface area contributed by atoms with Crippen LogP contribution in [0.3, 0.4) is 0 Å². The molecule has 1 saturated carbocycles. The zero-order chi connectivity index (χ0) is 12.5. The van der Waals surface area contributed by atoms with Crippen LogP contribution in [-0.4, -0.2) is 24.4 Å². The van der Waals surface area contributed by atoms with E-state index in [1.807, 2.05) is 12.1 Å². The van der Waals surface area contributed by atoms with Gasteiger partial charge in [0.1, 0.15) is 0 Å². The van der Waals surface area contributed by atoms with Gasteiger partial charge in [0.25, 0.3) is 0 Å². The van der Waals surface area contributed by atoms with E-state index < -0.39 is 5.60 Å². The van der Waals surface area contributed by atoms with Crippen molar-refractivity contribution in [3.63, 3.8) is 0 Å². The Balaban J connectivity index is 2.20. The molecule has 0 spiro atoms. The number of methoxy groups -OCH3 is 1. The Morgan fingerprint density at radius 2 is 2.12 bits per heavy atom. The SMILES string of the molecule is COCC(O)(Cc1cccc(Cl)c1Cl)C1CC1. The van der Waals surface area contributed by atoms with Crippen LogP contribution in [0, 0.1) is 5.92 Å². The number of hydrogen-bond acceptors (Lipinski definition) is 2. The molecule has 1 fully saturated rings. The largest absolute Gasteiger partial charge is 0.387 e. The zero-order valence-corrected chi connectivity index (χ0v) is 11.3. The van der Waals surface area contributed by atoms with Crippen molar-refractivity contribution in [1.29, 1.82) is 0 Å². The van der Waals surface area contributed by atoms with E-state index in [-0.39, 0.29) is 0 Å². The van der Waals surface area contributed by atoms with Gasteiger partial charge in [0, 0.05) is 13.5 Å². The molecule has 0 heterocycles. The van der Waals surface area contributed by atoms with E-state index in [0.717, 1.165) is 18.4 Å². The molecule has 2 nitrogen and oxygen atoms in total. The van der Waals surface area contributed by atoms with Crippen molar-refractivity contribution in [2.75, 3.05) is 13.7 Å². The van der Waals surface area contributed by atoms with Crippen LogP contribution < -0.4 is 0 Å². The highest BCUT2D eigenvalue weighted by molar-refractivity contribution is 6.42. The van der Waals surface area contributed by atoms with E-state index in [2.05, 4.69) is 0 Å². The third kappa shape index (κ3) is 2.94. The maximum absolute atomic E-state index is 10.6. The fraction of sp³-hybridized carbons (Fsp3) is 0.538. The van der Waals surface area contributed by atoms with E-state index >= 15 is 0 Å². The highest BCUT2D eigenvalue weighted by atomic mass is 35.5. The first-order valence-corrected chi connectivity index (χ1v) is 6.46. The summed E-state index contributed by atoms with van der Waals surface area (Å²) in [6, 6.07) is 5.50. The minimum Gasteiger partial charge on any atom is -0.387 e. The van der Waals surface area contributed by atoms with E-state index in [0.29, 0.717) is 29.0 Å². The Bertz CT molecular complexity index is 404. The lowest BCUT2D eigenvalue weighted by molar-refractivity contribution is -0.0474. The lowest BCUT2D eigenvalue weighted by Gasteiger charge is -2.28. The topological polar surface area (TPSA) is 29.5 Å². The Labute approximate surface area is 111 Å². The van der Waals surface area contributed by atoms with Gasteiger partial charge in [-0.2, -0.15) is 0 Å². The molecule has 1 N–H and O–H groups in total. The minimum atomic E-state index is -0.816. The van der Waals surface area contributed by atoms with Gasteiger partial charge in [0.05, 0.1) is 22.3 Å². The van der Waals surface area contributed by atoms with E-state index in [1.165, 1.54) is 0 Å². The van der Waals surface area contributed by atoms with Crippen LogP contribution in [0.1, 0.15) is 18.4 Å². The summed E-state index contributed by atoms with van der Waals surface area (Å²) in [5, 5.41) is 11.7. The number of halogens is 2. The molecule has 1 aromatic carbocycles. The first kappa shape index (κ1) is 13.2. The maximum atomic E-state index is 10.6. The fourth-order valence-electron chi connectivity index (χ4n) is 2.20. The van der Waals surface area contributed by atoms with Crippen molar-refractivity contribution in [3.8, 4) is 0 Å². The molecule has 2 rings (SSSR count). The van der Waals surface area contributed by atoms with Crippen LogP contribution in [0.5, 0.6) is 0 Å². The van der Waals surface area contributed by atoms with Crippen molar-refractivity contribution in [3.05, 3.63) is 33.8 Å². The summed E-state index contributed by atoms with van der Waals surface area (Å²) in [4.78, 5) is 0. The van der Waals surface area contributed by atoms with Crippen LogP contribution in [0.2, 0.25) is 10.0 Å². The third-order valence-corrected chi connectivity index (χ3v) is 4.12.